The first-order valence-electron chi connectivity index (χ1n) is 2.83. The third kappa shape index (κ3) is 3.53. The zero-order chi connectivity index (χ0) is 6.57. The van der Waals surface area contributed by atoms with Gasteiger partial charge in [-0.1, -0.05) is 13.8 Å². The minimum absolute atomic E-state index is 0.606. The molecule has 2 nitrogen and oxygen atoms in total. The predicted molar refractivity (Wildman–Crippen MR) is 35.9 cm³/mol. The number of allylic oxidation sites excluding steroid dienone is 1. The van der Waals surface area contributed by atoms with Crippen LogP contribution in [0.2, 0.25) is 0 Å². The summed E-state index contributed by atoms with van der Waals surface area (Å²) in [6.07, 6.45) is 2.36. The summed E-state index contributed by atoms with van der Waals surface area (Å²) in [7, 11) is 0. The Morgan fingerprint density at radius 3 is 2.25 bits per heavy atom. The molecule has 4 N–H and O–H groups in total. The van der Waals surface area contributed by atoms with Crippen LogP contribution < -0.4 is 11.5 Å². The highest BCUT2D eigenvalue weighted by Gasteiger charge is 1.93. The first-order chi connectivity index (χ1) is 3.66. The lowest BCUT2D eigenvalue weighted by Gasteiger charge is -2.01. The van der Waals surface area contributed by atoms with Crippen molar-refractivity contribution in [2.24, 2.45) is 17.4 Å². The van der Waals surface area contributed by atoms with E-state index >= 15 is 0 Å². The molecule has 48 valence electrons. The van der Waals surface area contributed by atoms with Gasteiger partial charge in [0.1, 0.15) is 0 Å². The Balaban J connectivity index is 3.39. The molecule has 8 heavy (non-hydrogen) atoms. The Kier molecular flexibility index (Phi) is 3.08. The van der Waals surface area contributed by atoms with Gasteiger partial charge in [-0.3, -0.25) is 0 Å². The average molecular weight is 114 g/mol. The van der Waals surface area contributed by atoms with Crippen LogP contribution in [0.5, 0.6) is 0 Å². The van der Waals surface area contributed by atoms with Gasteiger partial charge in [-0.25, -0.2) is 0 Å². The van der Waals surface area contributed by atoms with E-state index in [1.807, 2.05) is 0 Å². The number of hydrogen-bond donors (Lipinski definition) is 2. The van der Waals surface area contributed by atoms with E-state index in [1.54, 1.807) is 0 Å². The second-order valence-corrected chi connectivity index (χ2v) is 2.34. The average Bonchev–Trinajstić information content (AvgIpc) is 1.65. The standard InChI is InChI=1S/C6H14N2/c1-5(2)3-6(8)4-7/h4-5H,3,7-8H2,1-2H3/b6-4-. The van der Waals surface area contributed by atoms with Crippen molar-refractivity contribution in [1.29, 1.82) is 0 Å². The van der Waals surface area contributed by atoms with Gasteiger partial charge >= 0.3 is 0 Å². The highest BCUT2D eigenvalue weighted by atomic mass is 14.6. The fourth-order valence-corrected chi connectivity index (χ4v) is 0.539. The molecule has 0 fully saturated rings. The topological polar surface area (TPSA) is 52.0 Å². The highest BCUT2D eigenvalue weighted by molar-refractivity contribution is 4.93. The van der Waals surface area contributed by atoms with Gasteiger partial charge < -0.3 is 11.5 Å². The van der Waals surface area contributed by atoms with E-state index in [2.05, 4.69) is 13.8 Å². The van der Waals surface area contributed by atoms with Crippen LogP contribution in [0.3, 0.4) is 0 Å². The lowest BCUT2D eigenvalue weighted by atomic mass is 10.1. The summed E-state index contributed by atoms with van der Waals surface area (Å²) in [6, 6.07) is 0. The molecule has 0 heterocycles. The summed E-state index contributed by atoms with van der Waals surface area (Å²) in [5.41, 5.74) is 11.3. The summed E-state index contributed by atoms with van der Waals surface area (Å²) >= 11 is 0. The molecule has 0 rings (SSSR count). The van der Waals surface area contributed by atoms with Gasteiger partial charge in [0.2, 0.25) is 0 Å². The summed E-state index contributed by atoms with van der Waals surface area (Å²) < 4.78 is 0. The van der Waals surface area contributed by atoms with Gasteiger partial charge in [0.25, 0.3) is 0 Å². The number of hydrogen-bond acceptors (Lipinski definition) is 2. The molecule has 0 radical (unpaired) electrons. The highest BCUT2D eigenvalue weighted by Crippen LogP contribution is 2.02. The molecule has 0 aromatic rings. The van der Waals surface area contributed by atoms with Crippen LogP contribution in [0.25, 0.3) is 0 Å². The molecule has 2 heteroatoms. The van der Waals surface area contributed by atoms with E-state index in [0.717, 1.165) is 12.1 Å². The molecule has 0 spiro atoms. The van der Waals surface area contributed by atoms with Crippen LogP contribution in [-0.4, -0.2) is 0 Å². The van der Waals surface area contributed by atoms with Crippen molar-refractivity contribution in [3.8, 4) is 0 Å². The largest absolute Gasteiger partial charge is 0.403 e. The second-order valence-electron chi connectivity index (χ2n) is 2.34. The molecule has 0 saturated heterocycles. The van der Waals surface area contributed by atoms with Crippen LogP contribution in [0.15, 0.2) is 11.9 Å². The van der Waals surface area contributed by atoms with Crippen molar-refractivity contribution >= 4 is 0 Å². The summed E-state index contributed by atoms with van der Waals surface area (Å²) in [5.74, 6) is 0.606. The Bertz CT molecular complexity index is 84.5. The molecule has 0 amide bonds. The van der Waals surface area contributed by atoms with Gasteiger partial charge in [0.15, 0.2) is 0 Å². The Morgan fingerprint density at radius 1 is 1.62 bits per heavy atom. The molecule has 0 aliphatic carbocycles. The Hall–Kier alpha value is -0.660. The molecule has 0 atom stereocenters. The van der Waals surface area contributed by atoms with Crippen LogP contribution >= 0.6 is 0 Å². The lowest BCUT2D eigenvalue weighted by molar-refractivity contribution is 0.637. The number of rotatable bonds is 2. The van der Waals surface area contributed by atoms with Crippen molar-refractivity contribution in [2.75, 3.05) is 0 Å². The molecule has 0 bridgehead atoms. The SMILES string of the molecule is CC(C)C/C(N)=C/N. The third-order valence-electron chi connectivity index (χ3n) is 0.858. The van der Waals surface area contributed by atoms with Gasteiger partial charge in [0, 0.05) is 11.9 Å². The predicted octanol–water partition coefficient (Wildman–Crippen LogP) is 0.791. The third-order valence-corrected chi connectivity index (χ3v) is 0.858. The molecule has 0 aliphatic rings. The maximum Gasteiger partial charge on any atom is 0.0240 e. The van der Waals surface area contributed by atoms with Crippen LogP contribution in [-0.2, 0) is 0 Å². The second kappa shape index (κ2) is 3.36. The van der Waals surface area contributed by atoms with Crippen LogP contribution in [0, 0.1) is 5.92 Å². The zero-order valence-electron chi connectivity index (χ0n) is 5.52. The van der Waals surface area contributed by atoms with E-state index in [1.165, 1.54) is 6.20 Å². The van der Waals surface area contributed by atoms with Crippen LogP contribution in [0.4, 0.5) is 0 Å². The fraction of sp³-hybridized carbons (Fsp3) is 0.667. The molecule has 0 aromatic heterocycles. The maximum atomic E-state index is 5.41. The Labute approximate surface area is 50.6 Å². The maximum absolute atomic E-state index is 5.41. The van der Waals surface area contributed by atoms with Crippen molar-refractivity contribution in [1.82, 2.24) is 0 Å². The van der Waals surface area contributed by atoms with E-state index in [-0.39, 0.29) is 0 Å². The van der Waals surface area contributed by atoms with Gasteiger partial charge in [-0.05, 0) is 12.3 Å². The summed E-state index contributed by atoms with van der Waals surface area (Å²) in [5, 5.41) is 0. The van der Waals surface area contributed by atoms with E-state index in [0.29, 0.717) is 5.92 Å². The van der Waals surface area contributed by atoms with Crippen molar-refractivity contribution in [2.45, 2.75) is 20.3 Å². The fourth-order valence-electron chi connectivity index (χ4n) is 0.539. The van der Waals surface area contributed by atoms with Crippen LogP contribution in [0.1, 0.15) is 20.3 Å². The first kappa shape index (κ1) is 7.34. The number of nitrogens with two attached hydrogens (primary N) is 2. The molecule has 0 unspecified atom stereocenters. The molecular formula is C6H14N2. The van der Waals surface area contributed by atoms with Crippen molar-refractivity contribution in [3.63, 3.8) is 0 Å². The summed E-state index contributed by atoms with van der Waals surface area (Å²) in [4.78, 5) is 0. The van der Waals surface area contributed by atoms with E-state index < -0.39 is 0 Å². The molecule has 0 saturated carbocycles. The molecular weight excluding hydrogens is 100 g/mol. The van der Waals surface area contributed by atoms with Gasteiger partial charge in [-0.2, -0.15) is 0 Å². The molecule has 0 aliphatic heterocycles. The Morgan fingerprint density at radius 2 is 2.12 bits per heavy atom. The summed E-state index contributed by atoms with van der Waals surface area (Å²) in [6.45, 7) is 4.22. The van der Waals surface area contributed by atoms with Crippen molar-refractivity contribution < 1.29 is 0 Å². The minimum Gasteiger partial charge on any atom is -0.403 e. The van der Waals surface area contributed by atoms with Gasteiger partial charge in [-0.15, -0.1) is 0 Å². The zero-order valence-corrected chi connectivity index (χ0v) is 5.52. The quantitative estimate of drug-likeness (QED) is 0.557. The lowest BCUT2D eigenvalue weighted by Crippen LogP contribution is -2.03. The van der Waals surface area contributed by atoms with E-state index in [4.69, 9.17) is 11.5 Å². The molecule has 0 aromatic carbocycles. The monoisotopic (exact) mass is 114 g/mol. The minimum atomic E-state index is 0.606. The van der Waals surface area contributed by atoms with Gasteiger partial charge in [0.05, 0.1) is 0 Å². The normalized spacial score (nSPS) is 12.6. The smallest absolute Gasteiger partial charge is 0.0240 e. The first-order valence-corrected chi connectivity index (χ1v) is 2.83. The van der Waals surface area contributed by atoms with Crippen molar-refractivity contribution in [3.05, 3.63) is 11.9 Å². The van der Waals surface area contributed by atoms with E-state index in [9.17, 15) is 0 Å².